The first-order valence-electron chi connectivity index (χ1n) is 7.13. The van der Waals surface area contributed by atoms with E-state index in [4.69, 9.17) is 0 Å². The first-order valence-corrected chi connectivity index (χ1v) is 7.13. The Labute approximate surface area is 117 Å². The second kappa shape index (κ2) is 6.76. The third-order valence-electron chi connectivity index (χ3n) is 4.57. The zero-order chi connectivity index (χ0) is 12.3. The summed E-state index contributed by atoms with van der Waals surface area (Å²) < 4.78 is 0. The van der Waals surface area contributed by atoms with Gasteiger partial charge in [-0.3, -0.25) is 4.79 Å². The van der Waals surface area contributed by atoms with Gasteiger partial charge in [-0.05, 0) is 45.1 Å². The molecule has 1 amide bonds. The fourth-order valence-electron chi connectivity index (χ4n) is 3.12. The molecule has 1 aliphatic carbocycles. The molecule has 3 unspecified atom stereocenters. The van der Waals surface area contributed by atoms with Gasteiger partial charge in [0.2, 0.25) is 5.91 Å². The van der Waals surface area contributed by atoms with Crippen molar-refractivity contribution in [2.75, 3.05) is 13.1 Å². The number of hydrogen-bond acceptors (Lipinski definition) is 2. The first-order chi connectivity index (χ1) is 8.12. The SMILES string of the molecule is CC1CCCCC1NC(=O)C1(C)CCCNC1.Cl. The lowest BCUT2D eigenvalue weighted by Gasteiger charge is -2.36. The average molecular weight is 275 g/mol. The van der Waals surface area contributed by atoms with E-state index >= 15 is 0 Å². The van der Waals surface area contributed by atoms with Crippen molar-refractivity contribution in [1.82, 2.24) is 10.6 Å². The summed E-state index contributed by atoms with van der Waals surface area (Å²) in [5.41, 5.74) is -0.185. The fraction of sp³-hybridized carbons (Fsp3) is 0.929. The number of carbonyl (C=O) groups excluding carboxylic acids is 1. The summed E-state index contributed by atoms with van der Waals surface area (Å²) in [5.74, 6) is 0.913. The number of hydrogen-bond donors (Lipinski definition) is 2. The molecule has 0 bridgehead atoms. The van der Waals surface area contributed by atoms with Gasteiger partial charge in [0.1, 0.15) is 0 Å². The second-order valence-electron chi connectivity index (χ2n) is 6.18. The highest BCUT2D eigenvalue weighted by atomic mass is 35.5. The third kappa shape index (κ3) is 3.61. The highest BCUT2D eigenvalue weighted by Crippen LogP contribution is 2.28. The van der Waals surface area contributed by atoms with Crippen molar-refractivity contribution in [3.8, 4) is 0 Å². The Balaban J connectivity index is 0.00000162. The maximum absolute atomic E-state index is 12.4. The van der Waals surface area contributed by atoms with Crippen LogP contribution in [-0.4, -0.2) is 25.0 Å². The number of halogens is 1. The first kappa shape index (κ1) is 15.8. The van der Waals surface area contributed by atoms with Crippen molar-refractivity contribution in [2.45, 2.75) is 58.4 Å². The van der Waals surface area contributed by atoms with Crippen LogP contribution < -0.4 is 10.6 Å². The molecule has 2 rings (SSSR count). The minimum Gasteiger partial charge on any atom is -0.353 e. The van der Waals surface area contributed by atoms with Crippen LogP contribution in [0.4, 0.5) is 0 Å². The molecule has 1 saturated carbocycles. The molecule has 4 heteroatoms. The summed E-state index contributed by atoms with van der Waals surface area (Å²) in [6.07, 6.45) is 7.16. The molecule has 0 aromatic heterocycles. The lowest BCUT2D eigenvalue weighted by Crippen LogP contribution is -2.52. The summed E-state index contributed by atoms with van der Waals surface area (Å²) in [6, 6.07) is 0.412. The van der Waals surface area contributed by atoms with E-state index in [1.807, 2.05) is 0 Å². The van der Waals surface area contributed by atoms with Crippen LogP contribution in [0.3, 0.4) is 0 Å². The van der Waals surface area contributed by atoms with Gasteiger partial charge < -0.3 is 10.6 Å². The highest BCUT2D eigenvalue weighted by molar-refractivity contribution is 5.85. The van der Waals surface area contributed by atoms with Crippen LogP contribution >= 0.6 is 12.4 Å². The zero-order valence-corrected chi connectivity index (χ0v) is 12.4. The summed E-state index contributed by atoms with van der Waals surface area (Å²) in [7, 11) is 0. The number of carbonyl (C=O) groups is 1. The summed E-state index contributed by atoms with van der Waals surface area (Å²) >= 11 is 0. The number of piperidine rings is 1. The molecular weight excluding hydrogens is 248 g/mol. The monoisotopic (exact) mass is 274 g/mol. The van der Waals surface area contributed by atoms with Gasteiger partial charge in [-0.15, -0.1) is 12.4 Å². The normalized spacial score (nSPS) is 36.6. The minimum absolute atomic E-state index is 0. The van der Waals surface area contributed by atoms with Gasteiger partial charge in [0.15, 0.2) is 0 Å². The Kier molecular flexibility index (Phi) is 5.93. The molecule has 0 aromatic rings. The zero-order valence-electron chi connectivity index (χ0n) is 11.6. The maximum Gasteiger partial charge on any atom is 0.227 e. The van der Waals surface area contributed by atoms with Crippen molar-refractivity contribution in [3.63, 3.8) is 0 Å². The lowest BCUT2D eigenvalue weighted by molar-refractivity contribution is -0.132. The van der Waals surface area contributed by atoms with E-state index in [2.05, 4.69) is 24.5 Å². The van der Waals surface area contributed by atoms with Crippen LogP contribution in [0.25, 0.3) is 0 Å². The van der Waals surface area contributed by atoms with E-state index in [1.54, 1.807) is 0 Å². The van der Waals surface area contributed by atoms with Gasteiger partial charge in [-0.25, -0.2) is 0 Å². The third-order valence-corrected chi connectivity index (χ3v) is 4.57. The molecule has 3 atom stereocenters. The van der Waals surface area contributed by atoms with E-state index in [9.17, 15) is 4.79 Å². The van der Waals surface area contributed by atoms with Crippen LogP contribution in [0, 0.1) is 11.3 Å². The standard InChI is InChI=1S/C14H26N2O.ClH/c1-11-6-3-4-7-12(11)16-13(17)14(2)8-5-9-15-10-14;/h11-12,15H,3-10H2,1-2H3,(H,16,17);1H. The summed E-state index contributed by atoms with van der Waals surface area (Å²) in [4.78, 5) is 12.4. The number of rotatable bonds is 2. The lowest BCUT2D eigenvalue weighted by atomic mass is 9.80. The molecule has 0 aromatic carbocycles. The largest absolute Gasteiger partial charge is 0.353 e. The summed E-state index contributed by atoms with van der Waals surface area (Å²) in [6.45, 7) is 6.26. The maximum atomic E-state index is 12.4. The van der Waals surface area contributed by atoms with Crippen LogP contribution in [0.5, 0.6) is 0 Å². The predicted octanol–water partition coefficient (Wildman–Crippen LogP) is 2.49. The van der Waals surface area contributed by atoms with Gasteiger partial charge in [0.25, 0.3) is 0 Å². The molecule has 1 heterocycles. The molecule has 2 N–H and O–H groups in total. The fourth-order valence-corrected chi connectivity index (χ4v) is 3.12. The van der Waals surface area contributed by atoms with Gasteiger partial charge in [-0.1, -0.05) is 19.8 Å². The van der Waals surface area contributed by atoms with E-state index in [1.165, 1.54) is 19.3 Å². The van der Waals surface area contributed by atoms with Gasteiger partial charge in [0.05, 0.1) is 5.41 Å². The van der Waals surface area contributed by atoms with Crippen molar-refractivity contribution in [2.24, 2.45) is 11.3 Å². The molecule has 1 saturated heterocycles. The van der Waals surface area contributed by atoms with Gasteiger partial charge in [-0.2, -0.15) is 0 Å². The molecule has 1 aliphatic heterocycles. The Morgan fingerprint density at radius 3 is 2.61 bits per heavy atom. The highest BCUT2D eigenvalue weighted by Gasteiger charge is 2.36. The predicted molar refractivity (Wildman–Crippen MR) is 77.0 cm³/mol. The molecular formula is C14H27ClN2O. The molecule has 2 fully saturated rings. The minimum atomic E-state index is -0.185. The molecule has 0 radical (unpaired) electrons. The molecule has 2 aliphatic rings. The quantitative estimate of drug-likeness (QED) is 0.812. The average Bonchev–Trinajstić information content (AvgIpc) is 2.33. The van der Waals surface area contributed by atoms with E-state index in [-0.39, 0.29) is 23.7 Å². The van der Waals surface area contributed by atoms with Crippen molar-refractivity contribution in [3.05, 3.63) is 0 Å². The molecule has 3 nitrogen and oxygen atoms in total. The molecule has 18 heavy (non-hydrogen) atoms. The Morgan fingerprint density at radius 1 is 1.28 bits per heavy atom. The van der Waals surface area contributed by atoms with Crippen molar-refractivity contribution < 1.29 is 4.79 Å². The second-order valence-corrected chi connectivity index (χ2v) is 6.18. The van der Waals surface area contributed by atoms with Crippen molar-refractivity contribution in [1.29, 1.82) is 0 Å². The Bertz CT molecular complexity index is 277. The Morgan fingerprint density at radius 2 is 2.00 bits per heavy atom. The van der Waals surface area contributed by atoms with E-state index in [0.717, 1.165) is 32.4 Å². The van der Waals surface area contributed by atoms with Gasteiger partial charge >= 0.3 is 0 Å². The van der Waals surface area contributed by atoms with Gasteiger partial charge in [0, 0.05) is 12.6 Å². The van der Waals surface area contributed by atoms with Crippen molar-refractivity contribution >= 4 is 18.3 Å². The topological polar surface area (TPSA) is 41.1 Å². The number of amides is 1. The van der Waals surface area contributed by atoms with E-state index in [0.29, 0.717) is 12.0 Å². The molecule has 0 spiro atoms. The van der Waals surface area contributed by atoms with Crippen LogP contribution in [0.15, 0.2) is 0 Å². The van der Waals surface area contributed by atoms with Crippen LogP contribution in [0.2, 0.25) is 0 Å². The smallest absolute Gasteiger partial charge is 0.227 e. The van der Waals surface area contributed by atoms with E-state index < -0.39 is 0 Å². The number of nitrogens with one attached hydrogen (secondary N) is 2. The van der Waals surface area contributed by atoms with Crippen LogP contribution in [0.1, 0.15) is 52.4 Å². The summed E-state index contributed by atoms with van der Waals surface area (Å²) in [5, 5.41) is 6.64. The van der Waals surface area contributed by atoms with Crippen LogP contribution in [-0.2, 0) is 4.79 Å². The molecule has 106 valence electrons. The Hall–Kier alpha value is -0.280.